The molecule has 2 heterocycles. The smallest absolute Gasteiger partial charge is 0.260 e. The molecule has 0 unspecified atom stereocenters. The number of fused-ring (bicyclic) bond motifs is 3. The number of rotatable bonds is 5. The van der Waals surface area contributed by atoms with Crippen LogP contribution in [0.2, 0.25) is 0 Å². The van der Waals surface area contributed by atoms with Crippen molar-refractivity contribution in [1.29, 1.82) is 0 Å². The first-order valence-electron chi connectivity index (χ1n) is 8.81. The molecular weight excluding hydrogens is 396 g/mol. The Bertz CT molecular complexity index is 1120. The van der Waals surface area contributed by atoms with Gasteiger partial charge in [-0.05, 0) is 54.9 Å². The number of phenolic OH excluding ortho intramolecular Hbond substituents is 1. The van der Waals surface area contributed by atoms with Crippen LogP contribution in [-0.4, -0.2) is 35.5 Å². The molecule has 0 bridgehead atoms. The highest BCUT2D eigenvalue weighted by molar-refractivity contribution is 8.07. The van der Waals surface area contributed by atoms with E-state index in [1.165, 1.54) is 36.4 Å². The number of thiophene rings is 1. The number of aryl methyl sites for hydroxylation is 2. The van der Waals surface area contributed by atoms with Crippen LogP contribution in [0.15, 0.2) is 16.9 Å². The zero-order chi connectivity index (χ0) is 19.8. The number of nitrogens with one attached hydrogen (secondary N) is 1. The number of aromatic nitrogens is 2. The minimum atomic E-state index is -0.0831. The number of methoxy groups -OCH3 is 2. The molecule has 0 fully saturated rings. The second kappa shape index (κ2) is 7.52. The molecule has 146 valence electrons. The van der Waals surface area contributed by atoms with Gasteiger partial charge in [0.1, 0.15) is 10.7 Å². The number of aromatic hydroxyl groups is 1. The standard InChI is InChI=1S/C20H20N2O4S2/c1-25-12-7-10(8-13(26-2)17(12)23)9-15(27-3)18-21-19(24)16-11-5-4-6-14(11)28-20(16)22-18/h7-9,23H,4-6H2,1-3H3,(H,21,22,24)/b15-9-. The van der Waals surface area contributed by atoms with Crippen molar-refractivity contribution in [3.8, 4) is 17.2 Å². The van der Waals surface area contributed by atoms with Gasteiger partial charge in [0.05, 0.1) is 24.5 Å². The Morgan fingerprint density at radius 2 is 2.00 bits per heavy atom. The molecule has 6 nitrogen and oxygen atoms in total. The van der Waals surface area contributed by atoms with Crippen LogP contribution in [0, 0.1) is 0 Å². The number of hydrogen-bond acceptors (Lipinski definition) is 7. The summed E-state index contributed by atoms with van der Waals surface area (Å²) in [7, 11) is 2.97. The van der Waals surface area contributed by atoms with Crippen molar-refractivity contribution in [3.05, 3.63) is 44.3 Å². The van der Waals surface area contributed by atoms with Crippen molar-refractivity contribution in [2.24, 2.45) is 0 Å². The maximum Gasteiger partial charge on any atom is 0.260 e. The SMILES string of the molecule is COc1cc(/C=C(\SC)c2nc3sc4c(c3c(=O)[nH]2)CCC4)cc(OC)c1O. The average Bonchev–Trinajstić information content (AvgIpc) is 3.27. The van der Waals surface area contributed by atoms with Gasteiger partial charge >= 0.3 is 0 Å². The Kier molecular flexibility index (Phi) is 5.07. The molecule has 0 saturated carbocycles. The van der Waals surface area contributed by atoms with Crippen LogP contribution in [0.25, 0.3) is 21.2 Å². The lowest BCUT2D eigenvalue weighted by atomic mass is 10.1. The first kappa shape index (κ1) is 18.9. The Balaban J connectivity index is 1.82. The van der Waals surface area contributed by atoms with Crippen LogP contribution in [-0.2, 0) is 12.8 Å². The number of benzene rings is 1. The van der Waals surface area contributed by atoms with Gasteiger partial charge in [0, 0.05) is 4.88 Å². The predicted octanol–water partition coefficient (Wildman–Crippen LogP) is 4.06. The normalized spacial score (nSPS) is 13.8. The molecule has 4 rings (SSSR count). The number of nitrogens with zero attached hydrogens (tertiary/aromatic N) is 1. The van der Waals surface area contributed by atoms with Gasteiger partial charge in [-0.2, -0.15) is 0 Å². The number of hydrogen-bond donors (Lipinski definition) is 2. The molecule has 2 N–H and O–H groups in total. The second-order valence-electron chi connectivity index (χ2n) is 6.44. The van der Waals surface area contributed by atoms with Crippen molar-refractivity contribution in [2.45, 2.75) is 19.3 Å². The first-order valence-corrected chi connectivity index (χ1v) is 10.9. The zero-order valence-electron chi connectivity index (χ0n) is 15.8. The fraction of sp³-hybridized carbons (Fsp3) is 0.300. The first-order chi connectivity index (χ1) is 13.5. The van der Waals surface area contributed by atoms with E-state index in [4.69, 9.17) is 14.5 Å². The molecule has 0 aliphatic heterocycles. The third kappa shape index (κ3) is 3.16. The Morgan fingerprint density at radius 3 is 2.64 bits per heavy atom. The summed E-state index contributed by atoms with van der Waals surface area (Å²) in [5.74, 6) is 1.13. The minimum absolute atomic E-state index is 0.0473. The highest BCUT2D eigenvalue weighted by Gasteiger charge is 2.21. The van der Waals surface area contributed by atoms with E-state index >= 15 is 0 Å². The molecule has 2 aromatic heterocycles. The summed E-state index contributed by atoms with van der Waals surface area (Å²) in [4.78, 5) is 23.3. The minimum Gasteiger partial charge on any atom is -0.502 e. The van der Waals surface area contributed by atoms with E-state index in [0.717, 1.165) is 39.9 Å². The fourth-order valence-corrected chi connectivity index (χ4v) is 5.30. The van der Waals surface area contributed by atoms with Gasteiger partial charge in [-0.3, -0.25) is 4.79 Å². The van der Waals surface area contributed by atoms with E-state index in [2.05, 4.69) is 4.98 Å². The van der Waals surface area contributed by atoms with Crippen molar-refractivity contribution in [3.63, 3.8) is 0 Å². The molecule has 0 saturated heterocycles. The topological polar surface area (TPSA) is 84.4 Å². The third-order valence-corrected chi connectivity index (χ3v) is 6.76. The predicted molar refractivity (Wildman–Crippen MR) is 115 cm³/mol. The van der Waals surface area contributed by atoms with E-state index < -0.39 is 0 Å². The van der Waals surface area contributed by atoms with Crippen LogP contribution in [0.3, 0.4) is 0 Å². The molecule has 1 aromatic carbocycles. The molecule has 0 atom stereocenters. The monoisotopic (exact) mass is 416 g/mol. The number of thioether (sulfide) groups is 1. The summed E-state index contributed by atoms with van der Waals surface area (Å²) in [6.45, 7) is 0. The quantitative estimate of drug-likeness (QED) is 0.653. The van der Waals surface area contributed by atoms with Crippen molar-refractivity contribution in [2.75, 3.05) is 20.5 Å². The summed E-state index contributed by atoms with van der Waals surface area (Å²) in [6, 6.07) is 3.43. The van der Waals surface area contributed by atoms with Crippen molar-refractivity contribution >= 4 is 44.3 Å². The van der Waals surface area contributed by atoms with E-state index in [1.807, 2.05) is 12.3 Å². The van der Waals surface area contributed by atoms with Crippen LogP contribution < -0.4 is 15.0 Å². The largest absolute Gasteiger partial charge is 0.502 e. The lowest BCUT2D eigenvalue weighted by Gasteiger charge is -2.10. The van der Waals surface area contributed by atoms with Gasteiger partial charge in [0.2, 0.25) is 5.75 Å². The highest BCUT2D eigenvalue weighted by Crippen LogP contribution is 2.39. The van der Waals surface area contributed by atoms with E-state index in [-0.39, 0.29) is 11.3 Å². The van der Waals surface area contributed by atoms with Crippen molar-refractivity contribution in [1.82, 2.24) is 9.97 Å². The van der Waals surface area contributed by atoms with E-state index in [9.17, 15) is 9.90 Å². The van der Waals surface area contributed by atoms with Gasteiger partial charge in [0.15, 0.2) is 11.5 Å². The highest BCUT2D eigenvalue weighted by atomic mass is 32.2. The Hall–Kier alpha value is -2.45. The zero-order valence-corrected chi connectivity index (χ0v) is 17.4. The summed E-state index contributed by atoms with van der Waals surface area (Å²) >= 11 is 3.11. The van der Waals surface area contributed by atoms with Crippen LogP contribution in [0.4, 0.5) is 0 Å². The molecule has 0 radical (unpaired) electrons. The van der Waals surface area contributed by atoms with Gasteiger partial charge in [-0.1, -0.05) is 0 Å². The molecule has 3 aromatic rings. The maximum absolute atomic E-state index is 12.7. The summed E-state index contributed by atoms with van der Waals surface area (Å²) in [6.07, 6.45) is 6.92. The molecule has 0 spiro atoms. The lowest BCUT2D eigenvalue weighted by Crippen LogP contribution is -2.11. The summed E-state index contributed by atoms with van der Waals surface area (Å²) in [5, 5.41) is 10.8. The average molecular weight is 417 g/mol. The van der Waals surface area contributed by atoms with Crippen molar-refractivity contribution < 1.29 is 14.6 Å². The van der Waals surface area contributed by atoms with Gasteiger partial charge in [-0.25, -0.2) is 4.98 Å². The third-order valence-electron chi connectivity index (χ3n) is 4.83. The van der Waals surface area contributed by atoms with Gasteiger partial charge < -0.3 is 19.6 Å². The van der Waals surface area contributed by atoms with E-state index in [0.29, 0.717) is 17.3 Å². The van der Waals surface area contributed by atoms with E-state index in [1.54, 1.807) is 23.5 Å². The fourth-order valence-electron chi connectivity index (χ4n) is 3.49. The maximum atomic E-state index is 12.7. The summed E-state index contributed by atoms with van der Waals surface area (Å²) in [5.41, 5.74) is 1.86. The molecule has 1 aliphatic rings. The number of ether oxygens (including phenoxy) is 2. The van der Waals surface area contributed by atoms with Crippen LogP contribution >= 0.6 is 23.1 Å². The Labute approximate surface area is 170 Å². The van der Waals surface area contributed by atoms with Gasteiger partial charge in [0.25, 0.3) is 5.56 Å². The molecule has 1 aliphatic carbocycles. The Morgan fingerprint density at radius 1 is 1.29 bits per heavy atom. The molecule has 28 heavy (non-hydrogen) atoms. The molecule has 8 heteroatoms. The number of phenols is 1. The second-order valence-corrected chi connectivity index (χ2v) is 8.37. The van der Waals surface area contributed by atoms with Gasteiger partial charge in [-0.15, -0.1) is 23.1 Å². The van der Waals surface area contributed by atoms with Crippen LogP contribution in [0.5, 0.6) is 17.2 Å². The number of H-pyrrole nitrogens is 1. The number of aromatic amines is 1. The lowest BCUT2D eigenvalue weighted by molar-refractivity contribution is 0.340. The molecule has 0 amide bonds. The summed E-state index contributed by atoms with van der Waals surface area (Å²) < 4.78 is 10.4. The molecular formula is C20H20N2O4S2. The van der Waals surface area contributed by atoms with Crippen LogP contribution in [0.1, 0.15) is 28.2 Å².